The van der Waals surface area contributed by atoms with Gasteiger partial charge in [0.05, 0.1) is 5.92 Å². The summed E-state index contributed by atoms with van der Waals surface area (Å²) in [6.45, 7) is 15.2. The maximum absolute atomic E-state index is 13.1. The normalized spacial score (nSPS) is 13.7. The lowest BCUT2D eigenvalue weighted by molar-refractivity contribution is -0.162. The molecule has 0 saturated carbocycles. The molecule has 8 nitrogen and oxygen atoms in total. The lowest BCUT2D eigenvalue weighted by atomic mass is 9.93. The lowest BCUT2D eigenvalue weighted by Crippen LogP contribution is -2.46. The zero-order chi connectivity index (χ0) is 29.1. The molecule has 0 aliphatic heterocycles. The fraction of sp³-hybridized carbons (Fsp3) is 0.690. The number of benzene rings is 1. The third kappa shape index (κ3) is 14.8. The molecule has 1 N–H and O–H groups in total. The molecule has 0 bridgehead atoms. The van der Waals surface area contributed by atoms with Gasteiger partial charge in [-0.3, -0.25) is 4.79 Å². The standard InChI is InChI=1S/C29H46FNO7/c1-27(2,3)36-24(32)21(13-10-20-11-15-22(16-12-20)35-19-18-30)14-17-23(25(33)37-28(4,5)6)31-26(34)38-29(7,8)9/h11-12,15-16,21,23H,10,13-14,17-19H2,1-9H3,(H,31,34). The van der Waals surface area contributed by atoms with E-state index in [9.17, 15) is 18.8 Å². The SMILES string of the molecule is CC(C)(C)OC(=O)NC(CCC(CCc1ccc(OCCF)cc1)C(=O)OC(C)(C)C)C(=O)OC(C)(C)C. The van der Waals surface area contributed by atoms with Crippen molar-refractivity contribution in [2.24, 2.45) is 5.92 Å². The van der Waals surface area contributed by atoms with Crippen LogP contribution in [0.15, 0.2) is 24.3 Å². The van der Waals surface area contributed by atoms with Crippen LogP contribution in [0.5, 0.6) is 5.75 Å². The van der Waals surface area contributed by atoms with E-state index in [0.717, 1.165) is 5.56 Å². The first-order valence-electron chi connectivity index (χ1n) is 13.1. The monoisotopic (exact) mass is 539 g/mol. The van der Waals surface area contributed by atoms with Crippen LogP contribution in [0.4, 0.5) is 9.18 Å². The summed E-state index contributed by atoms with van der Waals surface area (Å²) in [7, 11) is 0. The summed E-state index contributed by atoms with van der Waals surface area (Å²) in [4.78, 5) is 38.4. The molecule has 1 rings (SSSR count). The number of rotatable bonds is 12. The Morgan fingerprint density at radius 1 is 0.763 bits per heavy atom. The average molecular weight is 540 g/mol. The number of hydrogen-bond acceptors (Lipinski definition) is 7. The van der Waals surface area contributed by atoms with Gasteiger partial charge in [0.25, 0.3) is 0 Å². The molecule has 0 spiro atoms. The molecule has 0 saturated heterocycles. The molecule has 0 aliphatic rings. The van der Waals surface area contributed by atoms with E-state index in [0.29, 0.717) is 18.6 Å². The van der Waals surface area contributed by atoms with E-state index < -0.39 is 47.5 Å². The van der Waals surface area contributed by atoms with Gasteiger partial charge in [0, 0.05) is 0 Å². The van der Waals surface area contributed by atoms with Crippen LogP contribution in [0.25, 0.3) is 0 Å². The molecule has 216 valence electrons. The van der Waals surface area contributed by atoms with Crippen LogP contribution in [0.3, 0.4) is 0 Å². The molecule has 0 radical (unpaired) electrons. The first-order valence-corrected chi connectivity index (χ1v) is 13.1. The number of carbonyl (C=O) groups is 3. The topological polar surface area (TPSA) is 100 Å². The number of carbonyl (C=O) groups excluding carboxylic acids is 3. The molecule has 1 aromatic carbocycles. The van der Waals surface area contributed by atoms with E-state index in [1.54, 1.807) is 74.4 Å². The first kappa shape index (κ1) is 33.2. The number of hydrogen-bond donors (Lipinski definition) is 1. The van der Waals surface area contributed by atoms with Gasteiger partial charge >= 0.3 is 18.0 Å². The molecule has 38 heavy (non-hydrogen) atoms. The maximum atomic E-state index is 13.1. The van der Waals surface area contributed by atoms with Crippen molar-refractivity contribution < 1.29 is 37.7 Å². The molecular formula is C29H46FNO7. The summed E-state index contributed by atoms with van der Waals surface area (Å²) in [5.41, 5.74) is -1.20. The van der Waals surface area contributed by atoms with E-state index in [2.05, 4.69) is 5.32 Å². The third-order valence-electron chi connectivity index (χ3n) is 4.98. The second-order valence-corrected chi connectivity index (χ2v) is 12.3. The third-order valence-corrected chi connectivity index (χ3v) is 4.98. The summed E-state index contributed by atoms with van der Waals surface area (Å²) >= 11 is 0. The van der Waals surface area contributed by atoms with Crippen molar-refractivity contribution in [2.45, 2.75) is 111 Å². The van der Waals surface area contributed by atoms with E-state index in [1.165, 1.54) is 0 Å². The van der Waals surface area contributed by atoms with Crippen molar-refractivity contribution in [3.8, 4) is 5.75 Å². The smallest absolute Gasteiger partial charge is 0.408 e. The minimum atomic E-state index is -0.999. The Hall–Kier alpha value is -2.84. The van der Waals surface area contributed by atoms with Crippen LogP contribution in [0, 0.1) is 5.92 Å². The minimum Gasteiger partial charge on any atom is -0.491 e. The van der Waals surface area contributed by atoms with Crippen molar-refractivity contribution in [3.05, 3.63) is 29.8 Å². The molecule has 1 aromatic rings. The van der Waals surface area contributed by atoms with Gasteiger partial charge in [-0.2, -0.15) is 0 Å². The van der Waals surface area contributed by atoms with Crippen LogP contribution in [-0.4, -0.2) is 54.2 Å². The van der Waals surface area contributed by atoms with E-state index in [4.69, 9.17) is 18.9 Å². The van der Waals surface area contributed by atoms with Crippen LogP contribution < -0.4 is 10.1 Å². The zero-order valence-electron chi connectivity index (χ0n) is 24.4. The van der Waals surface area contributed by atoms with Crippen LogP contribution in [-0.2, 0) is 30.2 Å². The van der Waals surface area contributed by atoms with Gasteiger partial charge in [0.2, 0.25) is 0 Å². The van der Waals surface area contributed by atoms with Crippen LogP contribution in [0.1, 0.15) is 87.1 Å². The highest BCUT2D eigenvalue weighted by Gasteiger charge is 2.32. The van der Waals surface area contributed by atoms with E-state index >= 15 is 0 Å². The van der Waals surface area contributed by atoms with E-state index in [-0.39, 0.29) is 25.4 Å². The number of ether oxygens (including phenoxy) is 4. The van der Waals surface area contributed by atoms with Crippen LogP contribution >= 0.6 is 0 Å². The van der Waals surface area contributed by atoms with Crippen molar-refractivity contribution in [3.63, 3.8) is 0 Å². The van der Waals surface area contributed by atoms with Crippen molar-refractivity contribution in [2.75, 3.05) is 13.3 Å². The number of amides is 1. The quantitative estimate of drug-likeness (QED) is 0.259. The molecular weight excluding hydrogens is 493 g/mol. The predicted molar refractivity (Wildman–Crippen MR) is 144 cm³/mol. The molecule has 9 heteroatoms. The lowest BCUT2D eigenvalue weighted by Gasteiger charge is -2.28. The first-order chi connectivity index (χ1) is 17.4. The number of nitrogens with one attached hydrogen (secondary N) is 1. The molecule has 2 atom stereocenters. The Morgan fingerprint density at radius 3 is 1.79 bits per heavy atom. The number of alkyl carbamates (subject to hydrolysis) is 1. The molecule has 2 unspecified atom stereocenters. The Kier molecular flexibility index (Phi) is 12.5. The average Bonchev–Trinajstić information content (AvgIpc) is 2.73. The molecule has 1 amide bonds. The number of alkyl halides is 1. The van der Waals surface area contributed by atoms with Crippen LogP contribution in [0.2, 0.25) is 0 Å². The Morgan fingerprint density at radius 2 is 1.29 bits per heavy atom. The molecule has 0 fully saturated rings. The van der Waals surface area contributed by atoms with Gasteiger partial charge in [0.1, 0.15) is 41.9 Å². The molecule has 0 aromatic heterocycles. The highest BCUT2D eigenvalue weighted by Crippen LogP contribution is 2.23. The largest absolute Gasteiger partial charge is 0.491 e. The minimum absolute atomic E-state index is 0.00376. The predicted octanol–water partition coefficient (Wildman–Crippen LogP) is 5.94. The highest BCUT2D eigenvalue weighted by atomic mass is 19.1. The second-order valence-electron chi connectivity index (χ2n) is 12.3. The summed E-state index contributed by atoms with van der Waals surface area (Å²) < 4.78 is 34.1. The van der Waals surface area contributed by atoms with Crippen molar-refractivity contribution >= 4 is 18.0 Å². The van der Waals surface area contributed by atoms with Gasteiger partial charge in [0.15, 0.2) is 0 Å². The highest BCUT2D eigenvalue weighted by molar-refractivity contribution is 5.82. The fourth-order valence-corrected chi connectivity index (χ4v) is 3.45. The summed E-state index contributed by atoms with van der Waals surface area (Å²) in [5.74, 6) is -0.929. The number of aryl methyl sites for hydroxylation is 1. The molecule has 0 heterocycles. The van der Waals surface area contributed by atoms with Gasteiger partial charge in [-0.25, -0.2) is 14.0 Å². The van der Waals surface area contributed by atoms with Crippen molar-refractivity contribution in [1.29, 1.82) is 0 Å². The summed E-state index contributed by atoms with van der Waals surface area (Å²) in [6, 6.07) is 6.26. The Bertz CT molecular complexity index is 895. The zero-order valence-corrected chi connectivity index (χ0v) is 24.4. The van der Waals surface area contributed by atoms with E-state index in [1.807, 2.05) is 12.1 Å². The fourth-order valence-electron chi connectivity index (χ4n) is 3.45. The van der Waals surface area contributed by atoms with Gasteiger partial charge in [-0.1, -0.05) is 12.1 Å². The van der Waals surface area contributed by atoms with Crippen molar-refractivity contribution in [1.82, 2.24) is 5.32 Å². The Balaban J connectivity index is 3.01. The maximum Gasteiger partial charge on any atom is 0.408 e. The summed E-state index contributed by atoms with van der Waals surface area (Å²) in [5, 5.41) is 2.61. The second kappa shape index (κ2) is 14.4. The summed E-state index contributed by atoms with van der Waals surface area (Å²) in [6.07, 6.45) is 0.745. The van der Waals surface area contributed by atoms with Gasteiger partial charge < -0.3 is 24.3 Å². The number of esters is 2. The molecule has 0 aliphatic carbocycles. The van der Waals surface area contributed by atoms with Gasteiger partial charge in [-0.05, 0) is 106 Å². The van der Waals surface area contributed by atoms with Gasteiger partial charge in [-0.15, -0.1) is 0 Å². The Labute approximate surface area is 226 Å². The number of halogens is 1.